The van der Waals surface area contributed by atoms with Crippen molar-refractivity contribution in [2.75, 3.05) is 25.5 Å². The Morgan fingerprint density at radius 2 is 2.05 bits per heavy atom. The first-order valence-corrected chi connectivity index (χ1v) is 7.23. The van der Waals surface area contributed by atoms with Crippen LogP contribution in [0.5, 0.6) is 0 Å². The van der Waals surface area contributed by atoms with E-state index in [0.717, 1.165) is 25.1 Å². The Bertz CT molecular complexity index is 505. The van der Waals surface area contributed by atoms with E-state index in [2.05, 4.69) is 55.5 Å². The van der Waals surface area contributed by atoms with Crippen LogP contribution in [0.15, 0.2) is 47.1 Å². The molecule has 3 heteroatoms. The van der Waals surface area contributed by atoms with Crippen LogP contribution < -0.4 is 10.2 Å². The Labute approximate surface area is 121 Å². The van der Waals surface area contributed by atoms with Crippen LogP contribution in [0.3, 0.4) is 0 Å². The molecule has 1 aromatic carbocycles. The minimum Gasteiger partial charge on any atom is -0.469 e. The lowest BCUT2D eigenvalue weighted by Crippen LogP contribution is -2.24. The van der Waals surface area contributed by atoms with Gasteiger partial charge in [-0.25, -0.2) is 0 Å². The van der Waals surface area contributed by atoms with Gasteiger partial charge in [0, 0.05) is 32.2 Å². The third kappa shape index (κ3) is 3.87. The summed E-state index contributed by atoms with van der Waals surface area (Å²) in [6.45, 7) is 3.20. The number of nitrogens with one attached hydrogen (secondary N) is 1. The number of furan rings is 1. The minimum atomic E-state index is 0.293. The highest BCUT2D eigenvalue weighted by atomic mass is 16.3. The Balaban J connectivity index is 2.18. The lowest BCUT2D eigenvalue weighted by atomic mass is 10.0. The zero-order valence-electron chi connectivity index (χ0n) is 12.6. The van der Waals surface area contributed by atoms with Crippen LogP contribution in [-0.2, 0) is 6.42 Å². The zero-order valence-corrected chi connectivity index (χ0v) is 12.6. The molecule has 0 aliphatic rings. The summed E-state index contributed by atoms with van der Waals surface area (Å²) in [4.78, 5) is 2.13. The van der Waals surface area contributed by atoms with E-state index in [4.69, 9.17) is 4.42 Å². The molecular formula is C17H24N2O. The van der Waals surface area contributed by atoms with Crippen LogP contribution in [-0.4, -0.2) is 20.6 Å². The standard InChI is InChI=1S/C17H24N2O/c1-4-10-18-17(13-16-9-6-11-20-16)14-7-5-8-15(12-14)19(2)3/h5-9,11-12,17-18H,4,10,13H2,1-3H3. The van der Waals surface area contributed by atoms with E-state index in [1.165, 1.54) is 11.3 Å². The molecule has 1 heterocycles. The van der Waals surface area contributed by atoms with Crippen molar-refractivity contribution in [3.8, 4) is 0 Å². The fourth-order valence-corrected chi connectivity index (χ4v) is 2.28. The van der Waals surface area contributed by atoms with Gasteiger partial charge in [0.1, 0.15) is 5.76 Å². The molecule has 20 heavy (non-hydrogen) atoms. The molecule has 2 rings (SSSR count). The zero-order chi connectivity index (χ0) is 14.4. The molecule has 0 fully saturated rings. The van der Waals surface area contributed by atoms with Gasteiger partial charge in [0.25, 0.3) is 0 Å². The third-order valence-electron chi connectivity index (χ3n) is 3.42. The molecular weight excluding hydrogens is 248 g/mol. The first-order chi connectivity index (χ1) is 9.70. The number of nitrogens with zero attached hydrogens (tertiary/aromatic N) is 1. The van der Waals surface area contributed by atoms with E-state index < -0.39 is 0 Å². The first kappa shape index (κ1) is 14.7. The number of hydrogen-bond donors (Lipinski definition) is 1. The molecule has 0 amide bonds. The predicted octanol–water partition coefficient (Wildman–Crippen LogP) is 3.63. The summed E-state index contributed by atoms with van der Waals surface area (Å²) in [6.07, 6.45) is 3.74. The maximum absolute atomic E-state index is 5.49. The number of benzene rings is 1. The van der Waals surface area contributed by atoms with E-state index in [1.54, 1.807) is 6.26 Å². The van der Waals surface area contributed by atoms with Crippen LogP contribution in [0.2, 0.25) is 0 Å². The van der Waals surface area contributed by atoms with Crippen LogP contribution >= 0.6 is 0 Å². The van der Waals surface area contributed by atoms with Crippen molar-refractivity contribution in [2.24, 2.45) is 0 Å². The van der Waals surface area contributed by atoms with E-state index in [-0.39, 0.29) is 0 Å². The van der Waals surface area contributed by atoms with Gasteiger partial charge in [0.2, 0.25) is 0 Å². The molecule has 0 bridgehead atoms. The van der Waals surface area contributed by atoms with Crippen molar-refractivity contribution in [3.05, 3.63) is 54.0 Å². The van der Waals surface area contributed by atoms with Crippen LogP contribution in [0.25, 0.3) is 0 Å². The van der Waals surface area contributed by atoms with Gasteiger partial charge in [-0.1, -0.05) is 19.1 Å². The van der Waals surface area contributed by atoms with Gasteiger partial charge in [0.05, 0.1) is 6.26 Å². The molecule has 1 N–H and O–H groups in total. The second-order valence-corrected chi connectivity index (χ2v) is 5.28. The maximum Gasteiger partial charge on any atom is 0.105 e. The second kappa shape index (κ2) is 7.15. The highest BCUT2D eigenvalue weighted by molar-refractivity contribution is 5.48. The Hall–Kier alpha value is -1.74. The van der Waals surface area contributed by atoms with E-state index in [9.17, 15) is 0 Å². The average molecular weight is 272 g/mol. The molecule has 0 aliphatic heterocycles. The van der Waals surface area contributed by atoms with Gasteiger partial charge in [-0.05, 0) is 42.8 Å². The molecule has 0 radical (unpaired) electrons. The Morgan fingerprint density at radius 3 is 2.70 bits per heavy atom. The smallest absolute Gasteiger partial charge is 0.105 e. The molecule has 0 saturated carbocycles. The lowest BCUT2D eigenvalue weighted by Gasteiger charge is -2.20. The largest absolute Gasteiger partial charge is 0.469 e. The number of hydrogen-bond acceptors (Lipinski definition) is 3. The highest BCUT2D eigenvalue weighted by Crippen LogP contribution is 2.23. The van der Waals surface area contributed by atoms with Crippen molar-refractivity contribution in [1.29, 1.82) is 0 Å². The highest BCUT2D eigenvalue weighted by Gasteiger charge is 2.13. The van der Waals surface area contributed by atoms with Gasteiger partial charge in [-0.3, -0.25) is 0 Å². The van der Waals surface area contributed by atoms with Gasteiger partial charge in [0.15, 0.2) is 0 Å². The average Bonchev–Trinajstić information content (AvgIpc) is 2.96. The molecule has 0 saturated heterocycles. The van der Waals surface area contributed by atoms with Gasteiger partial charge in [-0.15, -0.1) is 0 Å². The minimum absolute atomic E-state index is 0.293. The SMILES string of the molecule is CCCNC(Cc1ccco1)c1cccc(N(C)C)c1. The molecule has 1 aromatic heterocycles. The van der Waals surface area contributed by atoms with Gasteiger partial charge >= 0.3 is 0 Å². The van der Waals surface area contributed by atoms with Crippen molar-refractivity contribution >= 4 is 5.69 Å². The summed E-state index contributed by atoms with van der Waals surface area (Å²) in [6, 6.07) is 13.0. The number of anilines is 1. The molecule has 108 valence electrons. The summed E-state index contributed by atoms with van der Waals surface area (Å²) >= 11 is 0. The normalized spacial score (nSPS) is 12.3. The van der Waals surface area contributed by atoms with Crippen molar-refractivity contribution in [3.63, 3.8) is 0 Å². The molecule has 0 spiro atoms. The van der Waals surface area contributed by atoms with E-state index in [0.29, 0.717) is 6.04 Å². The van der Waals surface area contributed by atoms with Crippen molar-refractivity contribution in [1.82, 2.24) is 5.32 Å². The fraction of sp³-hybridized carbons (Fsp3) is 0.412. The molecule has 1 unspecified atom stereocenters. The quantitative estimate of drug-likeness (QED) is 0.834. The molecule has 2 aromatic rings. The van der Waals surface area contributed by atoms with Gasteiger partial charge < -0.3 is 14.6 Å². The van der Waals surface area contributed by atoms with Crippen molar-refractivity contribution in [2.45, 2.75) is 25.8 Å². The van der Waals surface area contributed by atoms with Crippen molar-refractivity contribution < 1.29 is 4.42 Å². The summed E-state index contributed by atoms with van der Waals surface area (Å²) in [5.74, 6) is 1.02. The predicted molar refractivity (Wildman–Crippen MR) is 84.2 cm³/mol. The van der Waals surface area contributed by atoms with Crippen LogP contribution in [0.4, 0.5) is 5.69 Å². The Kier molecular flexibility index (Phi) is 5.24. The monoisotopic (exact) mass is 272 g/mol. The number of rotatable bonds is 7. The summed E-state index contributed by atoms with van der Waals surface area (Å²) in [7, 11) is 4.14. The second-order valence-electron chi connectivity index (χ2n) is 5.28. The Morgan fingerprint density at radius 1 is 1.20 bits per heavy atom. The molecule has 3 nitrogen and oxygen atoms in total. The summed E-state index contributed by atoms with van der Waals surface area (Å²) in [5.41, 5.74) is 2.53. The maximum atomic E-state index is 5.49. The third-order valence-corrected chi connectivity index (χ3v) is 3.42. The van der Waals surface area contributed by atoms with E-state index in [1.807, 2.05) is 12.1 Å². The molecule has 0 aliphatic carbocycles. The topological polar surface area (TPSA) is 28.4 Å². The fourth-order valence-electron chi connectivity index (χ4n) is 2.28. The van der Waals surface area contributed by atoms with Crippen LogP contribution in [0.1, 0.15) is 30.7 Å². The van der Waals surface area contributed by atoms with E-state index >= 15 is 0 Å². The molecule has 1 atom stereocenters. The lowest BCUT2D eigenvalue weighted by molar-refractivity contribution is 0.449. The van der Waals surface area contributed by atoms with Crippen LogP contribution in [0, 0.1) is 0 Å². The summed E-state index contributed by atoms with van der Waals surface area (Å²) in [5, 5.41) is 3.61. The first-order valence-electron chi connectivity index (χ1n) is 7.23. The van der Waals surface area contributed by atoms with Gasteiger partial charge in [-0.2, -0.15) is 0 Å². The summed E-state index contributed by atoms with van der Waals surface area (Å²) < 4.78 is 5.49.